The summed E-state index contributed by atoms with van der Waals surface area (Å²) in [7, 11) is 0. The van der Waals surface area contributed by atoms with Crippen LogP contribution in [0.1, 0.15) is 46.5 Å². The number of carbonyl (C=O) groups is 4. The lowest BCUT2D eigenvalue weighted by Crippen LogP contribution is -2.37. The number of rotatable bonds is 7. The molecule has 2 amide bonds. The number of anilines is 1. The molecule has 7 rings (SSSR count). The van der Waals surface area contributed by atoms with Gasteiger partial charge in [-0.2, -0.15) is 0 Å². The van der Waals surface area contributed by atoms with Crippen LogP contribution in [0.15, 0.2) is 71.2 Å². The number of benzene rings is 3. The van der Waals surface area contributed by atoms with E-state index in [4.69, 9.17) is 21.3 Å². The normalized spacial score (nSPS) is 25.4. The zero-order valence-corrected chi connectivity index (χ0v) is 30.8. The van der Waals surface area contributed by atoms with Crippen LogP contribution < -0.4 is 4.90 Å². The van der Waals surface area contributed by atoms with Crippen molar-refractivity contribution >= 4 is 99.5 Å². The highest BCUT2D eigenvalue weighted by Gasteiger charge is 2.66. The first-order valence-electron chi connectivity index (χ1n) is 15.4. The highest BCUT2D eigenvalue weighted by molar-refractivity contribution is 9.12. The molecule has 240 valence electrons. The summed E-state index contributed by atoms with van der Waals surface area (Å²) in [5.41, 5.74) is 3.89. The SMILES string of the molecule is CCc1cc(Br)cc2c(C(=O)OC(C)C(=O)c3cccc(Cl)c3)cc(-c3ccc(N4C(=O)C5C6CC(C(Br)C6Br)C5C4=O)cc3)nc12. The lowest BCUT2D eigenvalue weighted by Gasteiger charge is -2.28. The monoisotopic (exact) mass is 840 g/mol. The minimum Gasteiger partial charge on any atom is -0.451 e. The first-order valence-corrected chi connectivity index (χ1v) is 18.4. The molecule has 4 aromatic rings. The van der Waals surface area contributed by atoms with Crippen molar-refractivity contribution in [1.29, 1.82) is 0 Å². The molecule has 3 aromatic carbocycles. The van der Waals surface area contributed by atoms with Crippen LogP contribution in [0.25, 0.3) is 22.2 Å². The molecule has 0 N–H and O–H groups in total. The number of aryl methyl sites for hydroxylation is 1. The van der Waals surface area contributed by atoms with E-state index in [1.165, 1.54) is 11.8 Å². The van der Waals surface area contributed by atoms with Gasteiger partial charge in [0.2, 0.25) is 17.6 Å². The molecule has 7 nitrogen and oxygen atoms in total. The highest BCUT2D eigenvalue weighted by Crippen LogP contribution is 2.60. The maximum absolute atomic E-state index is 13.7. The Labute approximate surface area is 301 Å². The number of hydrogen-bond acceptors (Lipinski definition) is 6. The van der Waals surface area contributed by atoms with E-state index in [-0.39, 0.29) is 56.5 Å². The van der Waals surface area contributed by atoms with Gasteiger partial charge in [-0.15, -0.1) is 0 Å². The van der Waals surface area contributed by atoms with Crippen LogP contribution in [0.4, 0.5) is 5.69 Å². The van der Waals surface area contributed by atoms with E-state index in [1.807, 2.05) is 19.1 Å². The van der Waals surface area contributed by atoms with Crippen molar-refractivity contribution in [3.63, 3.8) is 0 Å². The number of pyridine rings is 1. The van der Waals surface area contributed by atoms with E-state index < -0.39 is 12.1 Å². The van der Waals surface area contributed by atoms with Gasteiger partial charge in [-0.25, -0.2) is 9.78 Å². The van der Waals surface area contributed by atoms with Gasteiger partial charge in [0.05, 0.1) is 34.3 Å². The number of halogens is 4. The highest BCUT2D eigenvalue weighted by atomic mass is 79.9. The second-order valence-electron chi connectivity index (χ2n) is 12.4. The molecule has 3 aliphatic rings. The number of ketones is 1. The number of ether oxygens (including phenoxy) is 1. The number of Topliss-reactive ketones (excluding diaryl/α,β-unsaturated/α-hetero) is 1. The Balaban J connectivity index is 1.21. The summed E-state index contributed by atoms with van der Waals surface area (Å²) in [5.74, 6) is -1.66. The summed E-state index contributed by atoms with van der Waals surface area (Å²) in [6.45, 7) is 3.55. The first-order chi connectivity index (χ1) is 22.5. The van der Waals surface area contributed by atoms with Gasteiger partial charge in [0.15, 0.2) is 6.10 Å². The zero-order valence-electron chi connectivity index (χ0n) is 25.3. The average Bonchev–Trinajstić information content (AvgIpc) is 3.68. The van der Waals surface area contributed by atoms with Gasteiger partial charge in [-0.3, -0.25) is 19.3 Å². The number of carbonyl (C=O) groups excluding carboxylic acids is 4. The van der Waals surface area contributed by atoms with E-state index in [2.05, 4.69) is 47.8 Å². The van der Waals surface area contributed by atoms with Crippen molar-refractivity contribution in [3.05, 3.63) is 92.9 Å². The molecule has 2 bridgehead atoms. The molecule has 0 spiro atoms. The molecule has 2 aliphatic carbocycles. The molecule has 1 saturated heterocycles. The summed E-state index contributed by atoms with van der Waals surface area (Å²) in [5, 5.41) is 1.00. The fraction of sp³-hybridized carbons (Fsp3) is 0.306. The van der Waals surface area contributed by atoms with Crippen molar-refractivity contribution in [2.24, 2.45) is 23.7 Å². The summed E-state index contributed by atoms with van der Waals surface area (Å²) in [4.78, 5) is 60.6. The van der Waals surface area contributed by atoms with E-state index in [9.17, 15) is 19.2 Å². The standard InChI is InChI=1S/C36H28Br3ClN2O5/c1-3-17-11-20(37)13-23-24(36(46)47-16(2)33(43)19-5-4-6-21(40)12-19)15-27(41-32(17)23)18-7-9-22(10-8-18)42-34(44)28-25-14-26(29(28)35(42)45)31(39)30(25)38/h4-13,15-16,25-26,28-31H,3,14H2,1-2H3. The number of fused-ring (bicyclic) bond motifs is 6. The Morgan fingerprint density at radius 3 is 2.26 bits per heavy atom. The van der Waals surface area contributed by atoms with Crippen molar-refractivity contribution in [2.45, 2.75) is 42.4 Å². The second-order valence-corrected chi connectivity index (χ2v) is 15.8. The zero-order chi connectivity index (χ0) is 33.3. The molecule has 2 heterocycles. The number of imide groups is 1. The molecular formula is C36H28Br3ClN2O5. The van der Waals surface area contributed by atoms with Crippen molar-refractivity contribution in [1.82, 2.24) is 4.98 Å². The van der Waals surface area contributed by atoms with Crippen LogP contribution in [-0.4, -0.2) is 44.3 Å². The fourth-order valence-electron chi connectivity index (χ4n) is 7.49. The summed E-state index contributed by atoms with van der Waals surface area (Å²) < 4.78 is 6.51. The van der Waals surface area contributed by atoms with Crippen molar-refractivity contribution < 1.29 is 23.9 Å². The van der Waals surface area contributed by atoms with Gasteiger partial charge in [0, 0.05) is 35.7 Å². The van der Waals surface area contributed by atoms with E-state index in [1.54, 1.807) is 54.6 Å². The van der Waals surface area contributed by atoms with Gasteiger partial charge >= 0.3 is 5.97 Å². The van der Waals surface area contributed by atoms with E-state index >= 15 is 0 Å². The molecule has 11 heteroatoms. The average molecular weight is 844 g/mol. The minimum absolute atomic E-state index is 0.131. The van der Waals surface area contributed by atoms with Crippen LogP contribution >= 0.6 is 59.4 Å². The molecule has 1 aliphatic heterocycles. The molecule has 3 fully saturated rings. The van der Waals surface area contributed by atoms with Gasteiger partial charge in [0.1, 0.15) is 0 Å². The van der Waals surface area contributed by atoms with Crippen LogP contribution in [0, 0.1) is 23.7 Å². The Morgan fingerprint density at radius 1 is 0.979 bits per heavy atom. The molecule has 2 saturated carbocycles. The van der Waals surface area contributed by atoms with Crippen molar-refractivity contribution in [2.75, 3.05) is 4.90 Å². The predicted molar refractivity (Wildman–Crippen MR) is 191 cm³/mol. The third-order valence-corrected chi connectivity index (χ3v) is 13.6. The summed E-state index contributed by atoms with van der Waals surface area (Å²) >= 11 is 17.1. The van der Waals surface area contributed by atoms with E-state index in [0.717, 1.165) is 16.5 Å². The maximum Gasteiger partial charge on any atom is 0.339 e. The Kier molecular flexibility index (Phi) is 8.68. The quantitative estimate of drug-likeness (QED) is 0.0802. The third kappa shape index (κ3) is 5.49. The van der Waals surface area contributed by atoms with Gasteiger partial charge in [0.25, 0.3) is 0 Å². The lowest BCUT2D eigenvalue weighted by molar-refractivity contribution is -0.123. The predicted octanol–water partition coefficient (Wildman–Crippen LogP) is 8.59. The number of nitrogens with zero attached hydrogens (tertiary/aromatic N) is 2. The van der Waals surface area contributed by atoms with Crippen LogP contribution in [0.5, 0.6) is 0 Å². The number of hydrogen-bond donors (Lipinski definition) is 0. The number of amides is 2. The van der Waals surface area contributed by atoms with E-state index in [0.29, 0.717) is 44.9 Å². The van der Waals surface area contributed by atoms with Gasteiger partial charge in [-0.1, -0.05) is 90.6 Å². The second kappa shape index (κ2) is 12.5. The number of alkyl halides is 2. The third-order valence-electron chi connectivity index (χ3n) is 9.73. The smallest absolute Gasteiger partial charge is 0.339 e. The van der Waals surface area contributed by atoms with Gasteiger partial charge in [-0.05, 0) is 79.6 Å². The van der Waals surface area contributed by atoms with Crippen LogP contribution in [0.2, 0.25) is 5.02 Å². The molecule has 47 heavy (non-hydrogen) atoms. The lowest BCUT2D eigenvalue weighted by atomic mass is 9.81. The molecule has 7 atom stereocenters. The number of aromatic nitrogens is 1. The molecule has 7 unspecified atom stereocenters. The maximum atomic E-state index is 13.7. The molecule has 1 aromatic heterocycles. The Bertz CT molecular complexity index is 1950. The Morgan fingerprint density at radius 2 is 1.64 bits per heavy atom. The minimum atomic E-state index is -1.06. The van der Waals surface area contributed by atoms with Crippen LogP contribution in [-0.2, 0) is 20.7 Å². The topological polar surface area (TPSA) is 93.6 Å². The van der Waals surface area contributed by atoms with Gasteiger partial charge < -0.3 is 4.74 Å². The molecule has 0 radical (unpaired) electrons. The summed E-state index contributed by atoms with van der Waals surface area (Å²) in [6, 6.07) is 19.1. The first kappa shape index (κ1) is 32.6. The number of esters is 1. The summed E-state index contributed by atoms with van der Waals surface area (Å²) in [6.07, 6.45) is 0.472. The molecular weight excluding hydrogens is 816 g/mol. The van der Waals surface area contributed by atoms with Crippen LogP contribution in [0.3, 0.4) is 0 Å². The Hall–Kier alpha value is -2.92. The fourth-order valence-corrected chi connectivity index (χ4v) is 10.1. The van der Waals surface area contributed by atoms with Crippen molar-refractivity contribution in [3.8, 4) is 11.3 Å². The largest absolute Gasteiger partial charge is 0.451 e.